The molecule has 2 aromatic rings. The van der Waals surface area contributed by atoms with Gasteiger partial charge in [0.1, 0.15) is 5.69 Å². The Labute approximate surface area is 112 Å². The third-order valence-corrected chi connectivity index (χ3v) is 2.91. The van der Waals surface area contributed by atoms with Crippen molar-refractivity contribution in [3.63, 3.8) is 0 Å². The number of carbonyl (C=O) groups excluding carboxylic acids is 1. The SMILES string of the molecule is CN(C)C(=O)c1c(NCc2ccncc2)ccn1C. The zero-order chi connectivity index (χ0) is 13.8. The molecule has 0 fully saturated rings. The highest BCUT2D eigenvalue weighted by molar-refractivity contribution is 5.98. The van der Waals surface area contributed by atoms with Crippen molar-refractivity contribution < 1.29 is 4.79 Å². The topological polar surface area (TPSA) is 50.2 Å². The molecule has 0 radical (unpaired) electrons. The van der Waals surface area contributed by atoms with Gasteiger partial charge in [0.2, 0.25) is 0 Å². The molecule has 100 valence electrons. The quantitative estimate of drug-likeness (QED) is 0.908. The van der Waals surface area contributed by atoms with Crippen molar-refractivity contribution in [2.24, 2.45) is 7.05 Å². The lowest BCUT2D eigenvalue weighted by atomic mass is 10.2. The zero-order valence-electron chi connectivity index (χ0n) is 11.4. The summed E-state index contributed by atoms with van der Waals surface area (Å²) in [6.45, 7) is 0.667. The van der Waals surface area contributed by atoms with Crippen molar-refractivity contribution >= 4 is 11.6 Å². The molecule has 1 amide bonds. The molecule has 0 bridgehead atoms. The molecule has 0 unspecified atom stereocenters. The maximum Gasteiger partial charge on any atom is 0.272 e. The van der Waals surface area contributed by atoms with Crippen LogP contribution in [0.5, 0.6) is 0 Å². The average molecular weight is 258 g/mol. The van der Waals surface area contributed by atoms with Crippen LogP contribution in [-0.2, 0) is 13.6 Å². The third-order valence-electron chi connectivity index (χ3n) is 2.91. The molecular weight excluding hydrogens is 240 g/mol. The van der Waals surface area contributed by atoms with E-state index in [4.69, 9.17) is 0 Å². The van der Waals surface area contributed by atoms with Crippen LogP contribution >= 0.6 is 0 Å². The van der Waals surface area contributed by atoms with Crippen LogP contribution in [-0.4, -0.2) is 34.5 Å². The van der Waals surface area contributed by atoms with E-state index in [1.54, 1.807) is 31.4 Å². The van der Waals surface area contributed by atoms with Crippen molar-refractivity contribution in [3.8, 4) is 0 Å². The molecule has 0 saturated heterocycles. The second-order valence-electron chi connectivity index (χ2n) is 4.60. The second-order valence-corrected chi connectivity index (χ2v) is 4.60. The molecule has 0 spiro atoms. The summed E-state index contributed by atoms with van der Waals surface area (Å²) in [6, 6.07) is 5.81. The molecule has 0 aliphatic rings. The van der Waals surface area contributed by atoms with E-state index in [-0.39, 0.29) is 5.91 Å². The van der Waals surface area contributed by atoms with E-state index in [0.717, 1.165) is 11.3 Å². The number of aromatic nitrogens is 2. The molecule has 0 aliphatic carbocycles. The van der Waals surface area contributed by atoms with Crippen molar-refractivity contribution in [2.75, 3.05) is 19.4 Å². The van der Waals surface area contributed by atoms with Gasteiger partial charge in [0.05, 0.1) is 5.69 Å². The van der Waals surface area contributed by atoms with Gasteiger partial charge in [0.15, 0.2) is 0 Å². The summed E-state index contributed by atoms with van der Waals surface area (Å²) < 4.78 is 1.83. The van der Waals surface area contributed by atoms with Crippen LogP contribution in [0.3, 0.4) is 0 Å². The van der Waals surface area contributed by atoms with Gasteiger partial charge in [-0.15, -0.1) is 0 Å². The number of aryl methyl sites for hydroxylation is 1. The largest absolute Gasteiger partial charge is 0.379 e. The maximum absolute atomic E-state index is 12.1. The van der Waals surface area contributed by atoms with E-state index < -0.39 is 0 Å². The molecule has 5 heteroatoms. The Kier molecular flexibility index (Phi) is 3.85. The van der Waals surface area contributed by atoms with Gasteiger partial charge in [0, 0.05) is 46.3 Å². The molecular formula is C14H18N4O. The molecule has 19 heavy (non-hydrogen) atoms. The Morgan fingerprint density at radius 2 is 2.00 bits per heavy atom. The molecule has 2 rings (SSSR count). The van der Waals surface area contributed by atoms with Gasteiger partial charge in [-0.3, -0.25) is 9.78 Å². The molecule has 2 heterocycles. The molecule has 1 N–H and O–H groups in total. The summed E-state index contributed by atoms with van der Waals surface area (Å²) in [4.78, 5) is 17.7. The number of hydrogen-bond donors (Lipinski definition) is 1. The highest BCUT2D eigenvalue weighted by atomic mass is 16.2. The van der Waals surface area contributed by atoms with Crippen LogP contribution in [0.25, 0.3) is 0 Å². The standard InChI is InChI=1S/C14H18N4O/c1-17(2)14(19)13-12(6-9-18(13)3)16-10-11-4-7-15-8-5-11/h4-9,16H,10H2,1-3H3. The van der Waals surface area contributed by atoms with E-state index in [9.17, 15) is 4.79 Å². The molecule has 0 aliphatic heterocycles. The normalized spacial score (nSPS) is 10.3. The number of nitrogens with one attached hydrogen (secondary N) is 1. The van der Waals surface area contributed by atoms with E-state index in [1.165, 1.54) is 0 Å². The first-order chi connectivity index (χ1) is 9.09. The lowest BCUT2D eigenvalue weighted by Crippen LogP contribution is -2.25. The number of nitrogens with zero attached hydrogens (tertiary/aromatic N) is 3. The van der Waals surface area contributed by atoms with Crippen LogP contribution in [0.4, 0.5) is 5.69 Å². The summed E-state index contributed by atoms with van der Waals surface area (Å²) in [6.07, 6.45) is 5.40. The Morgan fingerprint density at radius 3 is 2.63 bits per heavy atom. The Hall–Kier alpha value is -2.30. The molecule has 0 saturated carbocycles. The minimum atomic E-state index is -0.00951. The fourth-order valence-corrected chi connectivity index (χ4v) is 1.85. The van der Waals surface area contributed by atoms with Crippen molar-refractivity contribution in [1.29, 1.82) is 0 Å². The van der Waals surface area contributed by atoms with Crippen molar-refractivity contribution in [3.05, 3.63) is 48.0 Å². The van der Waals surface area contributed by atoms with Crippen molar-refractivity contribution in [2.45, 2.75) is 6.54 Å². The van der Waals surface area contributed by atoms with Gasteiger partial charge in [-0.05, 0) is 23.8 Å². The summed E-state index contributed by atoms with van der Waals surface area (Å²) in [7, 11) is 5.37. The van der Waals surface area contributed by atoms with E-state index in [1.807, 2.05) is 36.0 Å². The van der Waals surface area contributed by atoms with Crippen LogP contribution in [0.2, 0.25) is 0 Å². The van der Waals surface area contributed by atoms with Crippen LogP contribution in [0, 0.1) is 0 Å². The highest BCUT2D eigenvalue weighted by Gasteiger charge is 2.16. The van der Waals surface area contributed by atoms with Gasteiger partial charge >= 0.3 is 0 Å². The van der Waals surface area contributed by atoms with Gasteiger partial charge in [-0.25, -0.2) is 0 Å². The van der Waals surface area contributed by atoms with Gasteiger partial charge < -0.3 is 14.8 Å². The van der Waals surface area contributed by atoms with Crippen LogP contribution in [0.1, 0.15) is 16.1 Å². The average Bonchev–Trinajstić information content (AvgIpc) is 2.77. The second kappa shape index (κ2) is 5.56. The molecule has 2 aromatic heterocycles. The van der Waals surface area contributed by atoms with Crippen molar-refractivity contribution in [1.82, 2.24) is 14.5 Å². The fraction of sp³-hybridized carbons (Fsp3) is 0.286. The minimum absolute atomic E-state index is 0.00951. The first-order valence-electron chi connectivity index (χ1n) is 6.09. The van der Waals surface area contributed by atoms with E-state index >= 15 is 0 Å². The van der Waals surface area contributed by atoms with E-state index in [0.29, 0.717) is 12.2 Å². The first kappa shape index (κ1) is 13.1. The molecule has 0 aromatic carbocycles. The number of hydrogen-bond acceptors (Lipinski definition) is 3. The number of pyridine rings is 1. The smallest absolute Gasteiger partial charge is 0.272 e. The fourth-order valence-electron chi connectivity index (χ4n) is 1.85. The number of rotatable bonds is 4. The monoisotopic (exact) mass is 258 g/mol. The summed E-state index contributed by atoms with van der Waals surface area (Å²) >= 11 is 0. The Balaban J connectivity index is 2.15. The number of amides is 1. The molecule has 0 atom stereocenters. The maximum atomic E-state index is 12.1. The minimum Gasteiger partial charge on any atom is -0.379 e. The lowest BCUT2D eigenvalue weighted by molar-refractivity contribution is 0.0819. The summed E-state index contributed by atoms with van der Waals surface area (Å²) in [5.74, 6) is -0.00951. The Bertz CT molecular complexity index is 560. The van der Waals surface area contributed by atoms with E-state index in [2.05, 4.69) is 10.3 Å². The molecule has 5 nitrogen and oxygen atoms in total. The lowest BCUT2D eigenvalue weighted by Gasteiger charge is -2.14. The third kappa shape index (κ3) is 2.93. The summed E-state index contributed by atoms with van der Waals surface area (Å²) in [5.41, 5.74) is 2.64. The number of carbonyl (C=O) groups is 1. The van der Waals surface area contributed by atoms with Crippen LogP contribution in [0.15, 0.2) is 36.8 Å². The first-order valence-corrected chi connectivity index (χ1v) is 6.09. The Morgan fingerprint density at radius 1 is 1.32 bits per heavy atom. The van der Waals surface area contributed by atoms with Gasteiger partial charge in [-0.2, -0.15) is 0 Å². The van der Waals surface area contributed by atoms with Gasteiger partial charge in [-0.1, -0.05) is 0 Å². The zero-order valence-corrected chi connectivity index (χ0v) is 11.4. The summed E-state index contributed by atoms with van der Waals surface area (Å²) in [5, 5.41) is 3.29. The highest BCUT2D eigenvalue weighted by Crippen LogP contribution is 2.18. The predicted molar refractivity (Wildman–Crippen MR) is 75.0 cm³/mol. The number of anilines is 1. The van der Waals surface area contributed by atoms with Gasteiger partial charge in [0.25, 0.3) is 5.91 Å². The predicted octanol–water partition coefficient (Wildman–Crippen LogP) is 1.73. The van der Waals surface area contributed by atoms with Crippen LogP contribution < -0.4 is 5.32 Å².